The highest BCUT2D eigenvalue weighted by atomic mass is 16.5. The highest BCUT2D eigenvalue weighted by molar-refractivity contribution is 6.39. The van der Waals surface area contributed by atoms with Crippen LogP contribution in [0.2, 0.25) is 0 Å². The van der Waals surface area contributed by atoms with E-state index in [0.29, 0.717) is 0 Å². The van der Waals surface area contributed by atoms with Gasteiger partial charge >= 0.3 is 5.97 Å². The smallest absolute Gasteiger partial charge is 0.352 e. The van der Waals surface area contributed by atoms with Crippen LogP contribution in [-0.4, -0.2) is 34.4 Å². The number of carbonyl (C=O) groups excluding carboxylic acids is 1. The Morgan fingerprint density at radius 2 is 2.18 bits per heavy atom. The van der Waals surface area contributed by atoms with Gasteiger partial charge in [-0.15, -0.1) is 0 Å². The standard InChI is InChI=1S/C11H14N2O4/c1-11(2,3)17-7-4-6(5-14)8(12)9(13-7)10(15)16/h4,8H,12H2,1-3H3,(H,15,16). The van der Waals surface area contributed by atoms with Crippen molar-refractivity contribution < 1.29 is 19.4 Å². The molecule has 1 aliphatic rings. The molecule has 1 rings (SSSR count). The van der Waals surface area contributed by atoms with Crippen LogP contribution in [-0.2, 0) is 14.3 Å². The summed E-state index contributed by atoms with van der Waals surface area (Å²) in [6.07, 6.45) is 1.30. The fourth-order valence-electron chi connectivity index (χ4n) is 1.23. The van der Waals surface area contributed by atoms with Gasteiger partial charge in [0, 0.05) is 6.08 Å². The Labute approximate surface area is 98.5 Å². The molecule has 0 aromatic rings. The van der Waals surface area contributed by atoms with Crippen LogP contribution in [0, 0.1) is 0 Å². The molecule has 0 aliphatic carbocycles. The lowest BCUT2D eigenvalue weighted by molar-refractivity contribution is -0.129. The summed E-state index contributed by atoms with van der Waals surface area (Å²) in [5.41, 5.74) is 4.68. The molecule has 0 saturated heterocycles. The molecule has 3 N–H and O–H groups in total. The third-order valence-electron chi connectivity index (χ3n) is 1.89. The summed E-state index contributed by atoms with van der Waals surface area (Å²) in [5.74, 6) is 0.362. The molecule has 0 amide bonds. The molecule has 6 nitrogen and oxygen atoms in total. The Balaban J connectivity index is 3.14. The summed E-state index contributed by atoms with van der Waals surface area (Å²) in [6, 6.07) is -1.07. The molecule has 92 valence electrons. The van der Waals surface area contributed by atoms with Gasteiger partial charge in [0.05, 0.1) is 11.6 Å². The van der Waals surface area contributed by atoms with Gasteiger partial charge in [0.1, 0.15) is 11.5 Å². The van der Waals surface area contributed by atoms with Crippen molar-refractivity contribution >= 4 is 17.6 Å². The number of nitrogens with zero attached hydrogens (tertiary/aromatic N) is 1. The summed E-state index contributed by atoms with van der Waals surface area (Å²) in [6.45, 7) is 5.34. The minimum atomic E-state index is -1.28. The predicted molar refractivity (Wildman–Crippen MR) is 61.2 cm³/mol. The van der Waals surface area contributed by atoms with Crippen LogP contribution in [0.15, 0.2) is 22.5 Å². The molecule has 0 aromatic carbocycles. The maximum atomic E-state index is 10.9. The maximum absolute atomic E-state index is 10.9. The van der Waals surface area contributed by atoms with E-state index in [-0.39, 0.29) is 17.2 Å². The summed E-state index contributed by atoms with van der Waals surface area (Å²) in [7, 11) is 0. The molecule has 1 unspecified atom stereocenters. The number of carboxylic acid groups (broad SMARTS) is 1. The van der Waals surface area contributed by atoms with Gasteiger partial charge in [-0.1, -0.05) is 0 Å². The van der Waals surface area contributed by atoms with Gasteiger partial charge in [-0.05, 0) is 20.8 Å². The van der Waals surface area contributed by atoms with Crippen LogP contribution in [0.1, 0.15) is 20.8 Å². The molecule has 6 heteroatoms. The van der Waals surface area contributed by atoms with E-state index in [0.717, 1.165) is 0 Å². The Hall–Kier alpha value is -1.91. The van der Waals surface area contributed by atoms with Crippen LogP contribution in [0.25, 0.3) is 0 Å². The van der Waals surface area contributed by atoms with Gasteiger partial charge in [0.2, 0.25) is 5.88 Å². The lowest BCUT2D eigenvalue weighted by Crippen LogP contribution is -2.40. The quantitative estimate of drug-likeness (QED) is 0.672. The topological polar surface area (TPSA) is 102 Å². The molecule has 0 radical (unpaired) electrons. The number of carbonyl (C=O) groups is 1. The highest BCUT2D eigenvalue weighted by Crippen LogP contribution is 2.20. The Morgan fingerprint density at radius 1 is 1.59 bits per heavy atom. The van der Waals surface area contributed by atoms with E-state index in [1.54, 1.807) is 26.7 Å². The van der Waals surface area contributed by atoms with Crippen LogP contribution in [0.4, 0.5) is 0 Å². The van der Waals surface area contributed by atoms with E-state index in [1.807, 2.05) is 0 Å². The molecule has 0 bridgehead atoms. The van der Waals surface area contributed by atoms with Crippen molar-refractivity contribution in [3.05, 3.63) is 17.5 Å². The largest absolute Gasteiger partial charge is 0.477 e. The summed E-state index contributed by atoms with van der Waals surface area (Å²) >= 11 is 0. The summed E-state index contributed by atoms with van der Waals surface area (Å²) in [5, 5.41) is 8.90. The van der Waals surface area contributed by atoms with Crippen molar-refractivity contribution in [1.82, 2.24) is 0 Å². The zero-order valence-electron chi connectivity index (χ0n) is 9.85. The van der Waals surface area contributed by atoms with Crippen LogP contribution in [0.5, 0.6) is 0 Å². The van der Waals surface area contributed by atoms with E-state index in [9.17, 15) is 9.59 Å². The molecule has 1 aliphatic heterocycles. The molecule has 0 aromatic heterocycles. The van der Waals surface area contributed by atoms with Gasteiger partial charge in [-0.3, -0.25) is 0 Å². The Morgan fingerprint density at radius 3 is 2.59 bits per heavy atom. The van der Waals surface area contributed by atoms with E-state index < -0.39 is 17.6 Å². The first-order valence-corrected chi connectivity index (χ1v) is 4.98. The second kappa shape index (κ2) is 4.53. The molecule has 0 spiro atoms. The maximum Gasteiger partial charge on any atom is 0.352 e. The summed E-state index contributed by atoms with van der Waals surface area (Å²) in [4.78, 5) is 25.3. The van der Waals surface area contributed by atoms with Crippen LogP contribution < -0.4 is 5.73 Å². The Bertz CT molecular complexity index is 451. The number of carboxylic acids is 1. The summed E-state index contributed by atoms with van der Waals surface area (Å²) < 4.78 is 5.39. The lowest BCUT2D eigenvalue weighted by atomic mass is 10.0. The third-order valence-corrected chi connectivity index (χ3v) is 1.89. The molecule has 17 heavy (non-hydrogen) atoms. The van der Waals surface area contributed by atoms with Crippen molar-refractivity contribution in [2.45, 2.75) is 32.4 Å². The minimum absolute atomic E-state index is 0.0108. The van der Waals surface area contributed by atoms with Gasteiger partial charge in [0.25, 0.3) is 0 Å². The molecule has 1 atom stereocenters. The average molecular weight is 238 g/mol. The van der Waals surface area contributed by atoms with Gasteiger partial charge in [0.15, 0.2) is 5.71 Å². The van der Waals surface area contributed by atoms with Crippen molar-refractivity contribution in [1.29, 1.82) is 0 Å². The molecular weight excluding hydrogens is 224 g/mol. The first kappa shape index (κ1) is 13.2. The van der Waals surface area contributed by atoms with Crippen molar-refractivity contribution in [2.24, 2.45) is 10.7 Å². The number of aliphatic imine (C=N–C) groups is 1. The number of hydrogen-bond acceptors (Lipinski definition) is 5. The monoisotopic (exact) mass is 238 g/mol. The van der Waals surface area contributed by atoms with Crippen molar-refractivity contribution in [3.8, 4) is 0 Å². The molecule has 1 heterocycles. The minimum Gasteiger partial charge on any atom is -0.477 e. The lowest BCUT2D eigenvalue weighted by Gasteiger charge is -2.24. The van der Waals surface area contributed by atoms with E-state index in [2.05, 4.69) is 4.99 Å². The number of ether oxygens (including phenoxy) is 1. The number of nitrogens with two attached hydrogens (primary N) is 1. The number of hydrogen-bond donors (Lipinski definition) is 2. The highest BCUT2D eigenvalue weighted by Gasteiger charge is 2.28. The van der Waals surface area contributed by atoms with E-state index in [4.69, 9.17) is 15.6 Å². The fourth-order valence-corrected chi connectivity index (χ4v) is 1.23. The average Bonchev–Trinajstić information content (AvgIpc) is 2.17. The third kappa shape index (κ3) is 3.27. The van der Waals surface area contributed by atoms with Gasteiger partial charge in [-0.25, -0.2) is 14.6 Å². The Kier molecular flexibility index (Phi) is 3.50. The van der Waals surface area contributed by atoms with E-state index in [1.165, 1.54) is 6.08 Å². The molecular formula is C11H14N2O4. The van der Waals surface area contributed by atoms with Crippen LogP contribution in [0.3, 0.4) is 0 Å². The number of rotatable bonds is 2. The van der Waals surface area contributed by atoms with E-state index >= 15 is 0 Å². The van der Waals surface area contributed by atoms with Gasteiger partial charge in [-0.2, -0.15) is 0 Å². The first-order valence-electron chi connectivity index (χ1n) is 4.98. The SMILES string of the molecule is CC(C)(C)OC1=CC(=C=O)C(N)C(C(=O)O)=N1. The first-order chi connectivity index (χ1) is 7.74. The second-order valence-corrected chi connectivity index (χ2v) is 4.53. The predicted octanol–water partition coefficient (Wildman–Crippen LogP) is 0.267. The van der Waals surface area contributed by atoms with Gasteiger partial charge < -0.3 is 15.6 Å². The van der Waals surface area contributed by atoms with Crippen molar-refractivity contribution in [2.75, 3.05) is 0 Å². The zero-order chi connectivity index (χ0) is 13.2. The molecule has 0 saturated carbocycles. The zero-order valence-corrected chi connectivity index (χ0v) is 9.85. The fraction of sp³-hybridized carbons (Fsp3) is 0.455. The van der Waals surface area contributed by atoms with Crippen molar-refractivity contribution in [3.63, 3.8) is 0 Å². The number of aliphatic carboxylic acids is 1. The second-order valence-electron chi connectivity index (χ2n) is 4.53. The van der Waals surface area contributed by atoms with Crippen LogP contribution >= 0.6 is 0 Å². The normalized spacial score (nSPS) is 20.2. The molecule has 0 fully saturated rings.